The first-order chi connectivity index (χ1) is 8.29. The topological polar surface area (TPSA) is 30.5 Å². The van der Waals surface area contributed by atoms with Gasteiger partial charge in [0, 0.05) is 26.4 Å². The highest BCUT2D eigenvalue weighted by molar-refractivity contribution is 4.94. The Bertz CT molecular complexity index is 226. The second-order valence-electron chi connectivity index (χ2n) is 5.67. The minimum Gasteiger partial charge on any atom is -0.385 e. The number of hydrogen-bond donors (Lipinski definition) is 1. The zero-order chi connectivity index (χ0) is 12.1. The van der Waals surface area contributed by atoms with E-state index in [1.165, 1.54) is 38.5 Å². The van der Waals surface area contributed by atoms with Crippen molar-refractivity contribution in [2.75, 3.05) is 27.4 Å². The lowest BCUT2D eigenvalue weighted by Crippen LogP contribution is -2.45. The van der Waals surface area contributed by atoms with Gasteiger partial charge < -0.3 is 14.8 Å². The first kappa shape index (κ1) is 13.3. The van der Waals surface area contributed by atoms with Crippen molar-refractivity contribution in [3.63, 3.8) is 0 Å². The molecule has 2 fully saturated rings. The zero-order valence-electron chi connectivity index (χ0n) is 11.3. The van der Waals surface area contributed by atoms with Crippen LogP contribution in [0.15, 0.2) is 0 Å². The molecule has 3 nitrogen and oxygen atoms in total. The molecule has 0 aromatic heterocycles. The summed E-state index contributed by atoms with van der Waals surface area (Å²) in [6, 6.07) is 0.594. The highest BCUT2D eigenvalue weighted by Crippen LogP contribution is 2.43. The van der Waals surface area contributed by atoms with Crippen LogP contribution in [0.1, 0.15) is 44.9 Å². The summed E-state index contributed by atoms with van der Waals surface area (Å²) in [5.41, 5.74) is 0.241. The van der Waals surface area contributed by atoms with Gasteiger partial charge in [-0.3, -0.25) is 0 Å². The molecule has 2 atom stereocenters. The molecule has 2 rings (SSSR count). The molecule has 0 amide bonds. The fourth-order valence-corrected chi connectivity index (χ4v) is 3.64. The van der Waals surface area contributed by atoms with Crippen molar-refractivity contribution in [2.45, 2.75) is 56.6 Å². The van der Waals surface area contributed by atoms with Gasteiger partial charge in [0.05, 0.1) is 5.60 Å². The Morgan fingerprint density at radius 1 is 1.41 bits per heavy atom. The smallest absolute Gasteiger partial charge is 0.0685 e. The fourth-order valence-electron chi connectivity index (χ4n) is 3.64. The Balaban J connectivity index is 1.90. The van der Waals surface area contributed by atoms with Gasteiger partial charge in [0.25, 0.3) is 0 Å². The van der Waals surface area contributed by atoms with E-state index in [0.29, 0.717) is 6.04 Å². The predicted molar refractivity (Wildman–Crippen MR) is 69.2 cm³/mol. The minimum atomic E-state index is 0.241. The van der Waals surface area contributed by atoms with Crippen LogP contribution in [0, 0.1) is 5.92 Å². The van der Waals surface area contributed by atoms with Gasteiger partial charge in [-0.1, -0.05) is 12.8 Å². The number of hydrogen-bond acceptors (Lipinski definition) is 3. The Labute approximate surface area is 105 Å². The maximum atomic E-state index is 6.10. The third kappa shape index (κ3) is 3.21. The Morgan fingerprint density at radius 3 is 2.82 bits per heavy atom. The van der Waals surface area contributed by atoms with Gasteiger partial charge in [-0.05, 0) is 45.1 Å². The summed E-state index contributed by atoms with van der Waals surface area (Å²) in [6.07, 6.45) is 8.85. The lowest BCUT2D eigenvalue weighted by molar-refractivity contribution is -0.0985. The van der Waals surface area contributed by atoms with Crippen molar-refractivity contribution in [1.29, 1.82) is 0 Å². The number of nitrogens with one attached hydrogen (secondary N) is 1. The van der Waals surface area contributed by atoms with E-state index in [0.717, 1.165) is 25.6 Å². The summed E-state index contributed by atoms with van der Waals surface area (Å²) in [6.45, 7) is 1.81. The summed E-state index contributed by atoms with van der Waals surface area (Å²) in [5.74, 6) is 0.766. The molecule has 3 heteroatoms. The highest BCUT2D eigenvalue weighted by atomic mass is 16.5. The molecule has 1 heterocycles. The lowest BCUT2D eigenvalue weighted by Gasteiger charge is -2.41. The summed E-state index contributed by atoms with van der Waals surface area (Å²) in [4.78, 5) is 0. The Hall–Kier alpha value is -0.120. The molecule has 1 saturated carbocycles. The monoisotopic (exact) mass is 241 g/mol. The Kier molecular flexibility index (Phi) is 4.83. The molecule has 100 valence electrons. The van der Waals surface area contributed by atoms with E-state index in [1.807, 2.05) is 0 Å². The second-order valence-corrected chi connectivity index (χ2v) is 5.67. The maximum Gasteiger partial charge on any atom is 0.0685 e. The quantitative estimate of drug-likeness (QED) is 0.801. The summed E-state index contributed by atoms with van der Waals surface area (Å²) in [7, 11) is 3.87. The van der Waals surface area contributed by atoms with Crippen LogP contribution in [0.3, 0.4) is 0 Å². The number of methoxy groups -OCH3 is 1. The molecule has 0 aromatic carbocycles. The zero-order valence-corrected chi connectivity index (χ0v) is 11.3. The molecule has 0 aromatic rings. The maximum absolute atomic E-state index is 6.10. The summed E-state index contributed by atoms with van der Waals surface area (Å²) >= 11 is 0. The third-order valence-corrected chi connectivity index (χ3v) is 4.62. The van der Waals surface area contributed by atoms with Crippen LogP contribution in [-0.2, 0) is 9.47 Å². The van der Waals surface area contributed by atoms with Crippen molar-refractivity contribution in [1.82, 2.24) is 5.32 Å². The average Bonchev–Trinajstić information content (AvgIpc) is 2.78. The summed E-state index contributed by atoms with van der Waals surface area (Å²) in [5, 5.41) is 3.48. The van der Waals surface area contributed by atoms with Crippen molar-refractivity contribution in [3.05, 3.63) is 0 Å². The van der Waals surface area contributed by atoms with Crippen LogP contribution in [0.5, 0.6) is 0 Å². The SMILES string of the molecule is CNC(CCOC)C1CCOC2(CCCC2)C1. The molecular weight excluding hydrogens is 214 g/mol. The van der Waals surface area contributed by atoms with Gasteiger partial charge in [0.2, 0.25) is 0 Å². The molecule has 1 aliphatic heterocycles. The van der Waals surface area contributed by atoms with Gasteiger partial charge in [0.1, 0.15) is 0 Å². The first-order valence-corrected chi connectivity index (χ1v) is 7.10. The van der Waals surface area contributed by atoms with Crippen LogP contribution in [0.2, 0.25) is 0 Å². The molecule has 1 spiro atoms. The van der Waals surface area contributed by atoms with Gasteiger partial charge in [-0.15, -0.1) is 0 Å². The van der Waals surface area contributed by atoms with Crippen molar-refractivity contribution in [2.24, 2.45) is 5.92 Å². The fraction of sp³-hybridized carbons (Fsp3) is 1.00. The van der Waals surface area contributed by atoms with Crippen LogP contribution in [0.4, 0.5) is 0 Å². The highest BCUT2D eigenvalue weighted by Gasteiger charge is 2.41. The van der Waals surface area contributed by atoms with Gasteiger partial charge in [0.15, 0.2) is 0 Å². The molecule has 1 saturated heterocycles. The van der Waals surface area contributed by atoms with Gasteiger partial charge >= 0.3 is 0 Å². The van der Waals surface area contributed by atoms with Gasteiger partial charge in [-0.25, -0.2) is 0 Å². The number of ether oxygens (including phenoxy) is 2. The molecule has 0 bridgehead atoms. The second kappa shape index (κ2) is 6.17. The normalized spacial score (nSPS) is 29.6. The number of rotatable bonds is 5. The van der Waals surface area contributed by atoms with Crippen LogP contribution in [0.25, 0.3) is 0 Å². The van der Waals surface area contributed by atoms with E-state index in [2.05, 4.69) is 12.4 Å². The average molecular weight is 241 g/mol. The lowest BCUT2D eigenvalue weighted by atomic mass is 9.80. The van der Waals surface area contributed by atoms with E-state index in [9.17, 15) is 0 Å². The van der Waals surface area contributed by atoms with Crippen molar-refractivity contribution < 1.29 is 9.47 Å². The molecule has 1 N–H and O–H groups in total. The Morgan fingerprint density at radius 2 is 2.18 bits per heavy atom. The van der Waals surface area contributed by atoms with Crippen LogP contribution >= 0.6 is 0 Å². The van der Waals surface area contributed by atoms with E-state index < -0.39 is 0 Å². The minimum absolute atomic E-state index is 0.241. The molecule has 17 heavy (non-hydrogen) atoms. The van der Waals surface area contributed by atoms with Crippen molar-refractivity contribution in [3.8, 4) is 0 Å². The molecule has 1 aliphatic carbocycles. The third-order valence-electron chi connectivity index (χ3n) is 4.62. The van der Waals surface area contributed by atoms with E-state index >= 15 is 0 Å². The largest absolute Gasteiger partial charge is 0.385 e. The molecule has 0 radical (unpaired) electrons. The predicted octanol–water partition coefficient (Wildman–Crippen LogP) is 2.35. The molecule has 2 aliphatic rings. The standard InChI is InChI=1S/C14H27NO2/c1-15-13(6-9-16-2)12-5-10-17-14(11-12)7-3-4-8-14/h12-13,15H,3-11H2,1-2H3. The van der Waals surface area contributed by atoms with Gasteiger partial charge in [-0.2, -0.15) is 0 Å². The first-order valence-electron chi connectivity index (χ1n) is 7.10. The van der Waals surface area contributed by atoms with E-state index in [1.54, 1.807) is 7.11 Å². The van der Waals surface area contributed by atoms with E-state index in [-0.39, 0.29) is 5.60 Å². The van der Waals surface area contributed by atoms with E-state index in [4.69, 9.17) is 9.47 Å². The van der Waals surface area contributed by atoms with Crippen LogP contribution in [-0.4, -0.2) is 39.0 Å². The van der Waals surface area contributed by atoms with Crippen molar-refractivity contribution >= 4 is 0 Å². The van der Waals surface area contributed by atoms with Crippen LogP contribution < -0.4 is 5.32 Å². The molecular formula is C14H27NO2. The summed E-state index contributed by atoms with van der Waals surface area (Å²) < 4.78 is 11.3. The molecule has 2 unspecified atom stereocenters.